The number of aliphatic hydroxyl groups is 1. The first kappa shape index (κ1) is 15.7. The van der Waals surface area contributed by atoms with Crippen LogP contribution < -0.4 is 11.1 Å². The van der Waals surface area contributed by atoms with Gasteiger partial charge in [0.15, 0.2) is 0 Å². The fourth-order valence-corrected chi connectivity index (χ4v) is 1.81. The molecule has 0 heterocycles. The van der Waals surface area contributed by atoms with Crippen molar-refractivity contribution in [3.63, 3.8) is 0 Å². The summed E-state index contributed by atoms with van der Waals surface area (Å²) in [6, 6.07) is 9.31. The van der Waals surface area contributed by atoms with E-state index in [1.807, 2.05) is 44.2 Å². The van der Waals surface area contributed by atoms with Crippen molar-refractivity contribution in [3.05, 3.63) is 35.9 Å². The van der Waals surface area contributed by atoms with Gasteiger partial charge in [-0.2, -0.15) is 0 Å². The minimum Gasteiger partial charge on any atom is -0.396 e. The summed E-state index contributed by atoms with van der Waals surface area (Å²) in [6.45, 7) is 6.31. The Bertz CT molecular complexity index is 413. The van der Waals surface area contributed by atoms with E-state index in [9.17, 15) is 4.79 Å². The summed E-state index contributed by atoms with van der Waals surface area (Å²) >= 11 is 0. The molecule has 0 aromatic heterocycles. The maximum atomic E-state index is 12.2. The van der Waals surface area contributed by atoms with Crippen LogP contribution in [0.25, 0.3) is 0 Å². The molecule has 0 radical (unpaired) electrons. The van der Waals surface area contributed by atoms with E-state index in [0.717, 1.165) is 5.56 Å². The topological polar surface area (TPSA) is 75.3 Å². The maximum absolute atomic E-state index is 12.2. The lowest BCUT2D eigenvalue weighted by Crippen LogP contribution is -2.51. The van der Waals surface area contributed by atoms with Crippen molar-refractivity contribution in [1.82, 2.24) is 5.32 Å². The summed E-state index contributed by atoms with van der Waals surface area (Å²) in [5.74, 6) is -0.204. The molecule has 106 valence electrons. The van der Waals surface area contributed by atoms with Crippen molar-refractivity contribution in [2.24, 2.45) is 11.1 Å². The smallest absolute Gasteiger partial charge is 0.244 e. The van der Waals surface area contributed by atoms with Crippen molar-refractivity contribution in [3.8, 4) is 0 Å². The lowest BCUT2D eigenvalue weighted by Gasteiger charge is -2.28. The fourth-order valence-electron chi connectivity index (χ4n) is 1.81. The molecule has 0 saturated carbocycles. The normalized spacial score (nSPS) is 14.8. The molecule has 1 amide bonds. The molecular formula is C15H24N2O2. The predicted octanol–water partition coefficient (Wildman–Crippen LogP) is 1.39. The molecule has 0 spiro atoms. The Balaban J connectivity index is 2.68. The second-order valence-electron chi connectivity index (χ2n) is 5.89. The largest absolute Gasteiger partial charge is 0.396 e. The van der Waals surface area contributed by atoms with Crippen molar-refractivity contribution in [2.45, 2.75) is 32.7 Å². The van der Waals surface area contributed by atoms with E-state index in [1.54, 1.807) is 6.92 Å². The number of hydrogen-bond donors (Lipinski definition) is 3. The van der Waals surface area contributed by atoms with Crippen LogP contribution in [0.3, 0.4) is 0 Å². The minimum atomic E-state index is -1.05. The maximum Gasteiger partial charge on any atom is 0.244 e. The first-order chi connectivity index (χ1) is 8.79. The molecule has 4 nitrogen and oxygen atoms in total. The van der Waals surface area contributed by atoms with E-state index in [2.05, 4.69) is 5.32 Å². The Labute approximate surface area is 115 Å². The Kier molecular flexibility index (Phi) is 5.09. The van der Waals surface area contributed by atoms with Gasteiger partial charge in [-0.05, 0) is 24.3 Å². The summed E-state index contributed by atoms with van der Waals surface area (Å²) in [5, 5.41) is 11.8. The average molecular weight is 264 g/mol. The van der Waals surface area contributed by atoms with Crippen LogP contribution in [-0.4, -0.2) is 24.2 Å². The van der Waals surface area contributed by atoms with Crippen molar-refractivity contribution in [2.75, 3.05) is 13.2 Å². The number of nitrogens with two attached hydrogens (primary N) is 1. The summed E-state index contributed by atoms with van der Waals surface area (Å²) in [7, 11) is 0. The zero-order valence-corrected chi connectivity index (χ0v) is 11.9. The molecule has 0 bridgehead atoms. The molecule has 0 aliphatic rings. The highest BCUT2D eigenvalue weighted by molar-refractivity contribution is 5.87. The van der Waals surface area contributed by atoms with Gasteiger partial charge < -0.3 is 16.2 Å². The van der Waals surface area contributed by atoms with E-state index in [4.69, 9.17) is 10.8 Å². The van der Waals surface area contributed by atoms with Crippen molar-refractivity contribution in [1.29, 1.82) is 0 Å². The Morgan fingerprint density at radius 3 is 2.37 bits per heavy atom. The van der Waals surface area contributed by atoms with E-state index in [-0.39, 0.29) is 17.9 Å². The second kappa shape index (κ2) is 6.17. The number of benzene rings is 1. The van der Waals surface area contributed by atoms with Crippen LogP contribution in [0.5, 0.6) is 0 Å². The molecule has 0 saturated heterocycles. The van der Waals surface area contributed by atoms with Gasteiger partial charge in [-0.1, -0.05) is 44.2 Å². The number of nitrogens with one attached hydrogen (secondary N) is 1. The first-order valence-electron chi connectivity index (χ1n) is 6.53. The van der Waals surface area contributed by atoms with E-state index in [0.29, 0.717) is 13.0 Å². The molecule has 4 heteroatoms. The van der Waals surface area contributed by atoms with E-state index >= 15 is 0 Å². The summed E-state index contributed by atoms with van der Waals surface area (Å²) in [4.78, 5) is 12.2. The molecule has 1 rings (SSSR count). The van der Waals surface area contributed by atoms with Gasteiger partial charge in [-0.3, -0.25) is 4.79 Å². The minimum absolute atomic E-state index is 0.113. The monoisotopic (exact) mass is 264 g/mol. The van der Waals surface area contributed by atoms with Gasteiger partial charge in [0.2, 0.25) is 5.91 Å². The first-order valence-corrected chi connectivity index (χ1v) is 6.53. The number of amides is 1. The van der Waals surface area contributed by atoms with Gasteiger partial charge in [0, 0.05) is 13.2 Å². The number of hydrogen-bond acceptors (Lipinski definition) is 3. The van der Waals surface area contributed by atoms with E-state index in [1.165, 1.54) is 0 Å². The Morgan fingerprint density at radius 1 is 1.26 bits per heavy atom. The molecule has 4 N–H and O–H groups in total. The third-order valence-corrected chi connectivity index (χ3v) is 3.36. The van der Waals surface area contributed by atoms with Gasteiger partial charge in [-0.25, -0.2) is 0 Å². The molecule has 1 aromatic carbocycles. The van der Waals surface area contributed by atoms with Gasteiger partial charge in [0.05, 0.1) is 0 Å². The highest BCUT2D eigenvalue weighted by atomic mass is 16.3. The van der Waals surface area contributed by atoms with Crippen LogP contribution >= 0.6 is 0 Å². The van der Waals surface area contributed by atoms with Gasteiger partial charge in [0.1, 0.15) is 5.54 Å². The third-order valence-electron chi connectivity index (χ3n) is 3.36. The zero-order valence-electron chi connectivity index (χ0n) is 11.9. The van der Waals surface area contributed by atoms with E-state index < -0.39 is 5.54 Å². The second-order valence-corrected chi connectivity index (χ2v) is 5.89. The molecule has 0 aliphatic carbocycles. The third kappa shape index (κ3) is 4.33. The number of aliphatic hydroxyl groups excluding tert-OH is 1. The molecule has 1 atom stereocenters. The SMILES string of the molecule is CC(C)(CCO)CNC(=O)C(C)(N)c1ccccc1. The number of carbonyl (C=O) groups is 1. The van der Waals surface area contributed by atoms with Crippen LogP contribution in [0.2, 0.25) is 0 Å². The fraction of sp³-hybridized carbons (Fsp3) is 0.533. The quantitative estimate of drug-likeness (QED) is 0.726. The molecule has 19 heavy (non-hydrogen) atoms. The van der Waals surface area contributed by atoms with Gasteiger partial charge >= 0.3 is 0 Å². The molecule has 1 aromatic rings. The molecular weight excluding hydrogens is 240 g/mol. The highest BCUT2D eigenvalue weighted by Crippen LogP contribution is 2.20. The molecule has 0 fully saturated rings. The number of carbonyl (C=O) groups excluding carboxylic acids is 1. The molecule has 0 aliphatic heterocycles. The zero-order chi connectivity index (χ0) is 14.5. The van der Waals surface area contributed by atoms with Crippen LogP contribution in [0.1, 0.15) is 32.8 Å². The van der Waals surface area contributed by atoms with Gasteiger partial charge in [0.25, 0.3) is 0 Å². The van der Waals surface area contributed by atoms with Crippen LogP contribution in [0.4, 0.5) is 0 Å². The van der Waals surface area contributed by atoms with Crippen molar-refractivity contribution >= 4 is 5.91 Å². The van der Waals surface area contributed by atoms with Crippen molar-refractivity contribution < 1.29 is 9.90 Å². The Hall–Kier alpha value is -1.39. The van der Waals surface area contributed by atoms with Gasteiger partial charge in [-0.15, -0.1) is 0 Å². The predicted molar refractivity (Wildman–Crippen MR) is 76.5 cm³/mol. The summed E-state index contributed by atoms with van der Waals surface area (Å²) in [5.41, 5.74) is 5.72. The Morgan fingerprint density at radius 2 is 1.84 bits per heavy atom. The molecule has 1 unspecified atom stereocenters. The highest BCUT2D eigenvalue weighted by Gasteiger charge is 2.31. The lowest BCUT2D eigenvalue weighted by atomic mass is 9.88. The number of rotatable bonds is 6. The standard InChI is InChI=1S/C15H24N2O2/c1-14(2,9-10-18)11-17-13(19)15(3,16)12-7-5-4-6-8-12/h4-8,18H,9-11,16H2,1-3H3,(H,17,19). The van der Waals surface area contributed by atoms with Crippen LogP contribution in [0.15, 0.2) is 30.3 Å². The van der Waals surface area contributed by atoms with Crippen LogP contribution in [0, 0.1) is 5.41 Å². The summed E-state index contributed by atoms with van der Waals surface area (Å²) < 4.78 is 0. The van der Waals surface area contributed by atoms with Crippen LogP contribution in [-0.2, 0) is 10.3 Å². The lowest BCUT2D eigenvalue weighted by molar-refractivity contribution is -0.126. The average Bonchev–Trinajstić information content (AvgIpc) is 2.37. The summed E-state index contributed by atoms with van der Waals surface area (Å²) in [6.07, 6.45) is 0.639.